The van der Waals surface area contributed by atoms with Crippen molar-refractivity contribution >= 4 is 33.7 Å². The molecular formula is C16H23BrN4O3. The van der Waals surface area contributed by atoms with E-state index >= 15 is 0 Å². The third-order valence-electron chi connectivity index (χ3n) is 3.57. The van der Waals surface area contributed by atoms with Crippen LogP contribution in [0, 0.1) is 0 Å². The molecule has 24 heavy (non-hydrogen) atoms. The molecule has 0 aromatic carbocycles. The van der Waals surface area contributed by atoms with Gasteiger partial charge in [0.25, 0.3) is 0 Å². The van der Waals surface area contributed by atoms with E-state index in [-0.39, 0.29) is 11.9 Å². The van der Waals surface area contributed by atoms with E-state index in [1.807, 2.05) is 6.07 Å². The maximum atomic E-state index is 11.9. The fraction of sp³-hybridized carbons (Fsp3) is 0.562. The van der Waals surface area contributed by atoms with E-state index in [1.54, 1.807) is 50.7 Å². The van der Waals surface area contributed by atoms with E-state index in [2.05, 4.69) is 26.2 Å². The van der Waals surface area contributed by atoms with Gasteiger partial charge in [0.2, 0.25) is 0 Å². The van der Waals surface area contributed by atoms with Crippen molar-refractivity contribution in [2.75, 3.05) is 32.5 Å². The highest BCUT2D eigenvalue weighted by Gasteiger charge is 2.29. The number of anilines is 1. The summed E-state index contributed by atoms with van der Waals surface area (Å²) in [7, 11) is 3.55. The van der Waals surface area contributed by atoms with Crippen molar-refractivity contribution in [2.24, 2.45) is 0 Å². The van der Waals surface area contributed by atoms with Crippen molar-refractivity contribution in [3.8, 4) is 0 Å². The number of hydrogen-bond donors (Lipinski definition) is 1. The summed E-state index contributed by atoms with van der Waals surface area (Å²) >= 11 is 3.39. The number of nitrogens with zero attached hydrogens (tertiary/aromatic N) is 3. The van der Waals surface area contributed by atoms with Gasteiger partial charge in [-0.15, -0.1) is 0 Å². The first-order chi connectivity index (χ1) is 11.1. The number of hydrogen-bond acceptors (Lipinski definition) is 4. The summed E-state index contributed by atoms with van der Waals surface area (Å²) in [6, 6.07) is 3.65. The molecule has 1 aromatic heterocycles. The smallest absolute Gasteiger partial charge is 0.412 e. The second-order valence-corrected chi connectivity index (χ2v) is 7.69. The molecule has 2 rings (SSSR count). The maximum Gasteiger partial charge on any atom is 0.412 e. The standard InChI is InChI=1S/C16H23BrN4O3/c1-16(2,3)24-14(22)19-12-7-6-11(18-13(12)17)10-8-20(4)15(23)21(5)9-10/h6-7,10H,8-9H2,1-5H3,(H,19,22). The molecule has 0 unspecified atom stereocenters. The van der Waals surface area contributed by atoms with Crippen LogP contribution >= 0.6 is 15.9 Å². The lowest BCUT2D eigenvalue weighted by Crippen LogP contribution is -2.49. The minimum Gasteiger partial charge on any atom is -0.444 e. The predicted molar refractivity (Wildman–Crippen MR) is 95.2 cm³/mol. The molecule has 3 amide bonds. The Bertz CT molecular complexity index is 631. The Morgan fingerprint density at radius 3 is 2.38 bits per heavy atom. The molecule has 7 nitrogen and oxygen atoms in total. The van der Waals surface area contributed by atoms with Gasteiger partial charge in [-0.3, -0.25) is 5.32 Å². The predicted octanol–water partition coefficient (Wildman–Crippen LogP) is 3.27. The Hall–Kier alpha value is -1.83. The van der Waals surface area contributed by atoms with Crippen LogP contribution in [0.2, 0.25) is 0 Å². The lowest BCUT2D eigenvalue weighted by Gasteiger charge is -2.36. The van der Waals surface area contributed by atoms with Gasteiger partial charge in [-0.1, -0.05) is 0 Å². The second-order valence-electron chi connectivity index (χ2n) is 6.94. The van der Waals surface area contributed by atoms with Gasteiger partial charge in [0.05, 0.1) is 5.69 Å². The van der Waals surface area contributed by atoms with Gasteiger partial charge in [-0.25, -0.2) is 14.6 Å². The first-order valence-corrected chi connectivity index (χ1v) is 8.49. The molecule has 1 aromatic rings. The largest absolute Gasteiger partial charge is 0.444 e. The number of likely N-dealkylation sites (N-methyl/N-ethyl adjacent to an activating group) is 2. The van der Waals surface area contributed by atoms with E-state index in [1.165, 1.54) is 0 Å². The number of ether oxygens (including phenoxy) is 1. The van der Waals surface area contributed by atoms with Crippen LogP contribution in [0.25, 0.3) is 0 Å². The van der Waals surface area contributed by atoms with Crippen molar-refractivity contribution in [3.63, 3.8) is 0 Å². The number of urea groups is 1. The molecule has 0 saturated carbocycles. The van der Waals surface area contributed by atoms with Gasteiger partial charge in [-0.2, -0.15) is 0 Å². The monoisotopic (exact) mass is 398 g/mol. The van der Waals surface area contributed by atoms with Gasteiger partial charge in [0, 0.05) is 38.8 Å². The van der Waals surface area contributed by atoms with Gasteiger partial charge in [0.1, 0.15) is 10.2 Å². The van der Waals surface area contributed by atoms with Gasteiger partial charge >= 0.3 is 12.1 Å². The summed E-state index contributed by atoms with van der Waals surface area (Å²) in [5.74, 6) is 0.115. The number of nitrogens with one attached hydrogen (secondary N) is 1. The van der Waals surface area contributed by atoms with E-state index in [9.17, 15) is 9.59 Å². The quantitative estimate of drug-likeness (QED) is 0.775. The zero-order chi connectivity index (χ0) is 18.1. The van der Waals surface area contributed by atoms with E-state index in [4.69, 9.17) is 4.74 Å². The maximum absolute atomic E-state index is 11.9. The molecule has 1 N–H and O–H groups in total. The lowest BCUT2D eigenvalue weighted by atomic mass is 10.0. The first-order valence-electron chi connectivity index (χ1n) is 7.69. The summed E-state index contributed by atoms with van der Waals surface area (Å²) in [5, 5.41) is 2.68. The van der Waals surface area contributed by atoms with Crippen LogP contribution in [0.4, 0.5) is 15.3 Å². The molecular weight excluding hydrogens is 376 g/mol. The van der Waals surface area contributed by atoms with Gasteiger partial charge < -0.3 is 14.5 Å². The van der Waals surface area contributed by atoms with E-state index in [0.717, 1.165) is 5.69 Å². The Morgan fingerprint density at radius 2 is 1.88 bits per heavy atom. The number of carbonyl (C=O) groups is 2. The molecule has 132 valence electrons. The molecule has 2 heterocycles. The normalized spacial score (nSPS) is 16.3. The molecule has 8 heteroatoms. The summed E-state index contributed by atoms with van der Waals surface area (Å²) < 4.78 is 5.77. The van der Waals surface area contributed by atoms with E-state index in [0.29, 0.717) is 23.4 Å². The topological polar surface area (TPSA) is 74.8 Å². The van der Waals surface area contributed by atoms with Crippen LogP contribution in [0.3, 0.4) is 0 Å². The van der Waals surface area contributed by atoms with Crippen LogP contribution in [0.15, 0.2) is 16.7 Å². The minimum atomic E-state index is -0.562. The average Bonchev–Trinajstić information content (AvgIpc) is 2.44. The number of halogens is 1. The SMILES string of the molecule is CN1CC(c2ccc(NC(=O)OC(C)(C)C)c(Br)n2)CN(C)C1=O. The molecule has 0 radical (unpaired) electrons. The van der Waals surface area contributed by atoms with Crippen molar-refractivity contribution in [1.82, 2.24) is 14.8 Å². The van der Waals surface area contributed by atoms with Crippen molar-refractivity contribution in [1.29, 1.82) is 0 Å². The lowest BCUT2D eigenvalue weighted by molar-refractivity contribution is 0.0635. The minimum absolute atomic E-state index is 0.00790. The highest BCUT2D eigenvalue weighted by molar-refractivity contribution is 9.10. The Labute approximate surface area is 150 Å². The van der Waals surface area contributed by atoms with Crippen molar-refractivity contribution in [3.05, 3.63) is 22.4 Å². The average molecular weight is 399 g/mol. The van der Waals surface area contributed by atoms with Crippen LogP contribution in [0.5, 0.6) is 0 Å². The summed E-state index contributed by atoms with van der Waals surface area (Å²) in [4.78, 5) is 31.6. The molecule has 1 aliphatic heterocycles. The molecule has 0 bridgehead atoms. The molecule has 1 saturated heterocycles. The summed E-state index contributed by atoms with van der Waals surface area (Å²) in [5.41, 5.74) is 0.845. The Balaban J connectivity index is 2.10. The molecule has 0 atom stereocenters. The second kappa shape index (κ2) is 6.96. The number of amides is 3. The number of carbonyl (C=O) groups excluding carboxylic acids is 2. The van der Waals surface area contributed by atoms with Crippen LogP contribution in [0.1, 0.15) is 32.4 Å². The first kappa shape index (κ1) is 18.5. The van der Waals surface area contributed by atoms with E-state index < -0.39 is 11.7 Å². The summed E-state index contributed by atoms with van der Waals surface area (Å²) in [6.07, 6.45) is -0.527. The third-order valence-corrected chi connectivity index (χ3v) is 4.17. The van der Waals surface area contributed by atoms with Crippen LogP contribution in [-0.4, -0.2) is 59.7 Å². The van der Waals surface area contributed by atoms with Crippen molar-refractivity contribution < 1.29 is 14.3 Å². The Kier molecular flexibility index (Phi) is 5.37. The highest BCUT2D eigenvalue weighted by atomic mass is 79.9. The molecule has 1 fully saturated rings. The zero-order valence-electron chi connectivity index (χ0n) is 14.6. The fourth-order valence-corrected chi connectivity index (χ4v) is 2.97. The zero-order valence-corrected chi connectivity index (χ0v) is 16.2. The van der Waals surface area contributed by atoms with Crippen LogP contribution in [-0.2, 0) is 4.74 Å². The number of pyridine rings is 1. The Morgan fingerprint density at radius 1 is 1.29 bits per heavy atom. The van der Waals surface area contributed by atoms with Crippen molar-refractivity contribution in [2.45, 2.75) is 32.3 Å². The molecule has 0 aliphatic carbocycles. The van der Waals surface area contributed by atoms with Gasteiger partial charge in [-0.05, 0) is 48.8 Å². The highest BCUT2D eigenvalue weighted by Crippen LogP contribution is 2.27. The molecule has 1 aliphatic rings. The van der Waals surface area contributed by atoms with Crippen LogP contribution < -0.4 is 5.32 Å². The number of aromatic nitrogens is 1. The third kappa shape index (κ3) is 4.59. The van der Waals surface area contributed by atoms with Gasteiger partial charge in [0.15, 0.2) is 0 Å². The number of rotatable bonds is 2. The fourth-order valence-electron chi connectivity index (χ4n) is 2.54. The summed E-state index contributed by atoms with van der Waals surface area (Å²) in [6.45, 7) is 6.64. The molecule has 0 spiro atoms.